The van der Waals surface area contributed by atoms with Gasteiger partial charge in [-0.2, -0.15) is 0 Å². The van der Waals surface area contributed by atoms with Crippen LogP contribution in [-0.4, -0.2) is 37.8 Å². The second kappa shape index (κ2) is 9.67. The van der Waals surface area contributed by atoms with E-state index in [-0.39, 0.29) is 11.3 Å². The fourth-order valence-electron chi connectivity index (χ4n) is 4.50. The third kappa shape index (κ3) is 4.53. The smallest absolute Gasteiger partial charge is 0.295 e. The van der Waals surface area contributed by atoms with Crippen molar-refractivity contribution in [3.63, 3.8) is 0 Å². The predicted molar refractivity (Wildman–Crippen MR) is 132 cm³/mol. The summed E-state index contributed by atoms with van der Waals surface area (Å²) in [6.45, 7) is 9.15. The Morgan fingerprint density at radius 3 is 2.44 bits per heavy atom. The number of carbonyl (C=O) groups excluding carboxylic acids is 2. The Labute approximate surface area is 200 Å². The molecule has 1 N–H and O–H groups in total. The van der Waals surface area contributed by atoms with Crippen LogP contribution in [0.25, 0.3) is 5.76 Å². The third-order valence-electron chi connectivity index (χ3n) is 6.48. The van der Waals surface area contributed by atoms with E-state index in [1.807, 2.05) is 67.1 Å². The number of nitrogens with zero attached hydrogens (tertiary/aromatic N) is 3. The average Bonchev–Trinajstić information content (AvgIpc) is 3.42. The van der Waals surface area contributed by atoms with Crippen LogP contribution in [0.15, 0.2) is 66.8 Å². The summed E-state index contributed by atoms with van der Waals surface area (Å²) in [5, 5.41) is 11.3. The highest BCUT2D eigenvalue weighted by atomic mass is 16.3. The molecule has 1 aliphatic heterocycles. The van der Waals surface area contributed by atoms with E-state index in [0.717, 1.165) is 16.7 Å². The highest BCUT2D eigenvalue weighted by molar-refractivity contribution is 6.46. The number of rotatable bonds is 7. The summed E-state index contributed by atoms with van der Waals surface area (Å²) in [7, 11) is 0. The minimum absolute atomic E-state index is 0.116. The predicted octanol–water partition coefficient (Wildman–Crippen LogP) is 5.14. The van der Waals surface area contributed by atoms with Crippen molar-refractivity contribution in [2.45, 2.75) is 52.6 Å². The molecule has 0 radical (unpaired) electrons. The number of carbonyl (C=O) groups is 2. The highest BCUT2D eigenvalue weighted by Crippen LogP contribution is 2.40. The van der Waals surface area contributed by atoms with Crippen LogP contribution < -0.4 is 0 Å². The molecule has 6 nitrogen and oxygen atoms in total. The summed E-state index contributed by atoms with van der Waals surface area (Å²) in [5.41, 5.74) is 4.55. The summed E-state index contributed by atoms with van der Waals surface area (Å²) in [6.07, 6.45) is 5.98. The number of Topliss-reactive ketones (excluding diaryl/α,β-unsaturated/α-hetero) is 1. The number of likely N-dealkylation sites (tertiary alicyclic amines) is 1. The van der Waals surface area contributed by atoms with Crippen molar-refractivity contribution in [1.82, 2.24) is 14.5 Å². The molecule has 6 heteroatoms. The van der Waals surface area contributed by atoms with Gasteiger partial charge in [-0.05, 0) is 48.9 Å². The number of benzene rings is 2. The van der Waals surface area contributed by atoms with Gasteiger partial charge in [0.05, 0.1) is 17.9 Å². The molecule has 2 aromatic carbocycles. The molecule has 0 saturated carbocycles. The maximum Gasteiger partial charge on any atom is 0.295 e. The van der Waals surface area contributed by atoms with E-state index in [4.69, 9.17) is 0 Å². The van der Waals surface area contributed by atoms with Gasteiger partial charge >= 0.3 is 0 Å². The van der Waals surface area contributed by atoms with Gasteiger partial charge in [0.15, 0.2) is 0 Å². The van der Waals surface area contributed by atoms with Crippen LogP contribution in [0, 0.1) is 13.8 Å². The minimum Gasteiger partial charge on any atom is -0.507 e. The van der Waals surface area contributed by atoms with E-state index in [1.54, 1.807) is 17.4 Å². The molecule has 1 fully saturated rings. The van der Waals surface area contributed by atoms with Crippen molar-refractivity contribution < 1.29 is 14.7 Å². The van der Waals surface area contributed by atoms with Gasteiger partial charge in [0.1, 0.15) is 5.76 Å². The zero-order chi connectivity index (χ0) is 24.4. The standard InChI is InChI=1S/C28H31N3O3/c1-18(2)21-8-10-22(11-9-21)25-24(26(32)23-16-19(3)6-7-20(23)4)27(33)28(34)31(25)14-5-13-30-15-12-29-17-30/h6-12,15-18,25,32H,5,13-14H2,1-4H3/t25-/m1/s1. The van der Waals surface area contributed by atoms with Gasteiger partial charge in [-0.15, -0.1) is 0 Å². The fourth-order valence-corrected chi connectivity index (χ4v) is 4.50. The monoisotopic (exact) mass is 457 g/mol. The molecule has 1 amide bonds. The quantitative estimate of drug-likeness (QED) is 0.303. The molecular weight excluding hydrogens is 426 g/mol. The molecule has 1 saturated heterocycles. The van der Waals surface area contributed by atoms with E-state index >= 15 is 0 Å². The molecular formula is C28H31N3O3. The Morgan fingerprint density at radius 2 is 1.79 bits per heavy atom. The molecule has 176 valence electrons. The van der Waals surface area contributed by atoms with Gasteiger partial charge in [-0.3, -0.25) is 9.59 Å². The van der Waals surface area contributed by atoms with Crippen LogP contribution in [-0.2, 0) is 16.1 Å². The third-order valence-corrected chi connectivity index (χ3v) is 6.48. The molecule has 0 bridgehead atoms. The average molecular weight is 458 g/mol. The largest absolute Gasteiger partial charge is 0.507 e. The van der Waals surface area contributed by atoms with Crippen molar-refractivity contribution in [2.24, 2.45) is 0 Å². The zero-order valence-corrected chi connectivity index (χ0v) is 20.2. The summed E-state index contributed by atoms with van der Waals surface area (Å²) < 4.78 is 1.94. The summed E-state index contributed by atoms with van der Waals surface area (Å²) in [6, 6.07) is 13.1. The van der Waals surface area contributed by atoms with Crippen LogP contribution in [0.3, 0.4) is 0 Å². The van der Waals surface area contributed by atoms with Gasteiger partial charge in [-0.1, -0.05) is 55.8 Å². The lowest BCUT2D eigenvalue weighted by molar-refractivity contribution is -0.139. The van der Waals surface area contributed by atoms with Crippen molar-refractivity contribution in [1.29, 1.82) is 0 Å². The van der Waals surface area contributed by atoms with Gasteiger partial charge in [0.2, 0.25) is 0 Å². The number of aliphatic hydroxyl groups is 1. The molecule has 4 rings (SSSR count). The van der Waals surface area contributed by atoms with Crippen LogP contribution in [0.5, 0.6) is 0 Å². The lowest BCUT2D eigenvalue weighted by Crippen LogP contribution is -2.31. The Bertz CT molecular complexity index is 1220. The Kier molecular flexibility index (Phi) is 6.68. The number of amides is 1. The second-order valence-corrected chi connectivity index (χ2v) is 9.29. The first-order valence-corrected chi connectivity index (χ1v) is 11.7. The Hall–Kier alpha value is -3.67. The molecule has 1 aromatic heterocycles. The summed E-state index contributed by atoms with van der Waals surface area (Å²) in [5.74, 6) is -0.963. The Morgan fingerprint density at radius 1 is 1.06 bits per heavy atom. The van der Waals surface area contributed by atoms with Crippen LogP contribution in [0.2, 0.25) is 0 Å². The van der Waals surface area contributed by atoms with Crippen LogP contribution >= 0.6 is 0 Å². The number of aliphatic hydroxyl groups excluding tert-OH is 1. The molecule has 3 aromatic rings. The van der Waals surface area contributed by atoms with Gasteiger partial charge in [-0.25, -0.2) is 4.98 Å². The van der Waals surface area contributed by atoms with Crippen molar-refractivity contribution in [3.05, 3.63) is 94.6 Å². The molecule has 1 aliphatic rings. The Balaban J connectivity index is 1.77. The van der Waals surface area contributed by atoms with Gasteiger partial charge in [0.25, 0.3) is 11.7 Å². The lowest BCUT2D eigenvalue weighted by Gasteiger charge is -2.26. The molecule has 0 aliphatic carbocycles. The SMILES string of the molecule is Cc1ccc(C)c(C(O)=C2C(=O)C(=O)N(CCCn3ccnc3)[C@@H]2c2ccc(C(C)C)cc2)c1. The molecule has 1 atom stereocenters. The minimum atomic E-state index is -0.640. The maximum atomic E-state index is 13.3. The van der Waals surface area contributed by atoms with Gasteiger partial charge < -0.3 is 14.6 Å². The molecule has 34 heavy (non-hydrogen) atoms. The number of hydrogen-bond acceptors (Lipinski definition) is 4. The number of imidazole rings is 1. The normalized spacial score (nSPS) is 17.7. The van der Waals surface area contributed by atoms with Crippen molar-refractivity contribution in [2.75, 3.05) is 6.54 Å². The zero-order valence-electron chi connectivity index (χ0n) is 20.2. The highest BCUT2D eigenvalue weighted by Gasteiger charge is 2.45. The first-order valence-electron chi connectivity index (χ1n) is 11.7. The van der Waals surface area contributed by atoms with Crippen molar-refractivity contribution >= 4 is 17.4 Å². The van der Waals surface area contributed by atoms with E-state index in [9.17, 15) is 14.7 Å². The topological polar surface area (TPSA) is 75.4 Å². The second-order valence-electron chi connectivity index (χ2n) is 9.29. The van der Waals surface area contributed by atoms with Crippen LogP contribution in [0.4, 0.5) is 0 Å². The maximum absolute atomic E-state index is 13.3. The molecule has 0 spiro atoms. The first kappa shape index (κ1) is 23.5. The number of hydrogen-bond donors (Lipinski definition) is 1. The van der Waals surface area contributed by atoms with Gasteiger partial charge in [0, 0.05) is 31.0 Å². The first-order chi connectivity index (χ1) is 16.3. The van der Waals surface area contributed by atoms with Crippen molar-refractivity contribution in [3.8, 4) is 0 Å². The number of aromatic nitrogens is 2. The van der Waals surface area contributed by atoms with E-state index in [2.05, 4.69) is 18.8 Å². The number of ketones is 1. The summed E-state index contributed by atoms with van der Waals surface area (Å²) >= 11 is 0. The van der Waals surface area contributed by atoms with E-state index < -0.39 is 17.7 Å². The summed E-state index contributed by atoms with van der Waals surface area (Å²) in [4.78, 5) is 32.1. The van der Waals surface area contributed by atoms with E-state index in [0.29, 0.717) is 31.0 Å². The van der Waals surface area contributed by atoms with E-state index in [1.165, 1.54) is 5.56 Å². The number of aryl methyl sites for hydroxylation is 3. The fraction of sp³-hybridized carbons (Fsp3) is 0.321. The molecule has 0 unspecified atom stereocenters. The molecule has 2 heterocycles. The van der Waals surface area contributed by atoms with Crippen LogP contribution in [0.1, 0.15) is 60.0 Å². The lowest BCUT2D eigenvalue weighted by atomic mass is 9.92.